The van der Waals surface area contributed by atoms with Crippen LogP contribution >= 0.6 is 0 Å². The number of pyridine rings is 1. The van der Waals surface area contributed by atoms with Crippen LogP contribution in [0.2, 0.25) is 0 Å². The van der Waals surface area contributed by atoms with Crippen molar-refractivity contribution < 1.29 is 0 Å². The van der Waals surface area contributed by atoms with E-state index in [1.807, 2.05) is 12.4 Å². The number of aryl methyl sites for hydroxylation is 1. The number of nitrogens with zero attached hydrogens (tertiary/aromatic N) is 1. The number of para-hydroxylation sites is 1. The van der Waals surface area contributed by atoms with Gasteiger partial charge in [-0.3, -0.25) is 4.98 Å². The maximum Gasteiger partial charge on any atom is 0.0736 e. The van der Waals surface area contributed by atoms with Gasteiger partial charge in [-0.25, -0.2) is 0 Å². The molecule has 0 amide bonds. The van der Waals surface area contributed by atoms with Crippen LogP contribution in [0.4, 0.5) is 0 Å². The first kappa shape index (κ1) is 11.7. The number of aromatic amines is 1. The molecule has 3 aromatic rings. The molecular formula is C17H17N3. The number of benzene rings is 1. The second-order valence-corrected chi connectivity index (χ2v) is 5.43. The molecule has 100 valence electrons. The summed E-state index contributed by atoms with van der Waals surface area (Å²) in [7, 11) is 0. The van der Waals surface area contributed by atoms with Crippen LogP contribution in [0.15, 0.2) is 42.7 Å². The van der Waals surface area contributed by atoms with Crippen LogP contribution in [0.3, 0.4) is 0 Å². The van der Waals surface area contributed by atoms with E-state index in [4.69, 9.17) is 0 Å². The van der Waals surface area contributed by atoms with Crippen molar-refractivity contribution in [1.82, 2.24) is 15.3 Å². The van der Waals surface area contributed by atoms with Gasteiger partial charge in [0.15, 0.2) is 0 Å². The maximum absolute atomic E-state index is 4.20. The quantitative estimate of drug-likeness (QED) is 0.708. The summed E-state index contributed by atoms with van der Waals surface area (Å²) in [5.74, 6) is 0. The highest BCUT2D eigenvalue weighted by Gasteiger charge is 2.25. The lowest BCUT2D eigenvalue weighted by molar-refractivity contribution is 0.558. The van der Waals surface area contributed by atoms with Crippen molar-refractivity contribution in [2.24, 2.45) is 0 Å². The second-order valence-electron chi connectivity index (χ2n) is 5.43. The molecule has 0 fully saturated rings. The fourth-order valence-corrected chi connectivity index (χ4v) is 3.25. The van der Waals surface area contributed by atoms with Gasteiger partial charge >= 0.3 is 0 Å². The minimum absolute atomic E-state index is 0.245. The van der Waals surface area contributed by atoms with Crippen molar-refractivity contribution in [3.05, 3.63) is 65.1 Å². The molecule has 0 saturated heterocycles. The fourth-order valence-electron chi connectivity index (χ4n) is 3.25. The summed E-state index contributed by atoms with van der Waals surface area (Å²) < 4.78 is 0. The number of hydrogen-bond acceptors (Lipinski definition) is 2. The zero-order valence-electron chi connectivity index (χ0n) is 11.5. The molecule has 2 N–H and O–H groups in total. The van der Waals surface area contributed by atoms with Crippen LogP contribution in [-0.4, -0.2) is 16.5 Å². The molecule has 1 atom stereocenters. The molecule has 4 rings (SSSR count). The standard InChI is InChI=1S/C17H17N3/c1-11-10-18-8-6-12(11)16-17-14(7-9-19-16)13-4-2-3-5-15(13)20-17/h2-6,8,10,16,19-20H,7,9H2,1H3. The molecule has 0 spiro atoms. The van der Waals surface area contributed by atoms with Gasteiger partial charge in [0.05, 0.1) is 6.04 Å². The van der Waals surface area contributed by atoms with E-state index >= 15 is 0 Å². The first-order valence-corrected chi connectivity index (χ1v) is 7.08. The lowest BCUT2D eigenvalue weighted by Gasteiger charge is -2.25. The summed E-state index contributed by atoms with van der Waals surface area (Å²) in [4.78, 5) is 7.81. The van der Waals surface area contributed by atoms with Gasteiger partial charge in [-0.05, 0) is 42.2 Å². The topological polar surface area (TPSA) is 40.7 Å². The number of rotatable bonds is 1. The molecule has 20 heavy (non-hydrogen) atoms. The van der Waals surface area contributed by atoms with E-state index < -0.39 is 0 Å². The minimum atomic E-state index is 0.245. The molecule has 1 unspecified atom stereocenters. The van der Waals surface area contributed by atoms with Gasteiger partial charge in [0.2, 0.25) is 0 Å². The van der Waals surface area contributed by atoms with Crippen molar-refractivity contribution in [1.29, 1.82) is 0 Å². The molecule has 0 bridgehead atoms. The van der Waals surface area contributed by atoms with E-state index in [1.54, 1.807) is 0 Å². The zero-order chi connectivity index (χ0) is 13.5. The SMILES string of the molecule is Cc1cnccc1C1NCCc2c1[nH]c1ccccc21. The Morgan fingerprint density at radius 1 is 1.20 bits per heavy atom. The van der Waals surface area contributed by atoms with Gasteiger partial charge in [-0.15, -0.1) is 0 Å². The Labute approximate surface area is 118 Å². The average molecular weight is 263 g/mol. The van der Waals surface area contributed by atoms with E-state index in [0.29, 0.717) is 0 Å². The van der Waals surface area contributed by atoms with Crippen LogP contribution in [-0.2, 0) is 6.42 Å². The van der Waals surface area contributed by atoms with E-state index in [1.165, 1.54) is 33.3 Å². The van der Waals surface area contributed by atoms with Crippen molar-refractivity contribution >= 4 is 10.9 Å². The first-order valence-electron chi connectivity index (χ1n) is 7.08. The third-order valence-corrected chi connectivity index (χ3v) is 4.23. The van der Waals surface area contributed by atoms with Gasteiger partial charge < -0.3 is 10.3 Å². The molecule has 3 nitrogen and oxygen atoms in total. The summed E-state index contributed by atoms with van der Waals surface area (Å²) in [5.41, 5.74) is 6.55. The highest BCUT2D eigenvalue weighted by atomic mass is 15.0. The molecule has 1 aliphatic heterocycles. The Hall–Kier alpha value is -2.13. The third-order valence-electron chi connectivity index (χ3n) is 4.23. The van der Waals surface area contributed by atoms with Crippen LogP contribution < -0.4 is 5.32 Å². The lowest BCUT2D eigenvalue weighted by Crippen LogP contribution is -2.30. The number of fused-ring (bicyclic) bond motifs is 3. The van der Waals surface area contributed by atoms with Crippen molar-refractivity contribution in [3.63, 3.8) is 0 Å². The number of aromatic nitrogens is 2. The number of hydrogen-bond donors (Lipinski definition) is 2. The molecule has 1 aliphatic rings. The Kier molecular flexibility index (Phi) is 2.60. The van der Waals surface area contributed by atoms with Gasteiger partial charge in [0.25, 0.3) is 0 Å². The van der Waals surface area contributed by atoms with E-state index in [2.05, 4.69) is 52.5 Å². The summed E-state index contributed by atoms with van der Waals surface area (Å²) >= 11 is 0. The van der Waals surface area contributed by atoms with Crippen LogP contribution in [0, 0.1) is 6.92 Å². The highest BCUT2D eigenvalue weighted by Crippen LogP contribution is 2.34. The molecular weight excluding hydrogens is 246 g/mol. The highest BCUT2D eigenvalue weighted by molar-refractivity contribution is 5.85. The molecule has 2 aromatic heterocycles. The Balaban J connectivity index is 1.92. The van der Waals surface area contributed by atoms with Crippen LogP contribution in [0.5, 0.6) is 0 Å². The Morgan fingerprint density at radius 3 is 3.00 bits per heavy atom. The van der Waals surface area contributed by atoms with Gasteiger partial charge in [0.1, 0.15) is 0 Å². The van der Waals surface area contributed by atoms with Crippen molar-refractivity contribution in [2.45, 2.75) is 19.4 Å². The van der Waals surface area contributed by atoms with Gasteiger partial charge in [-0.1, -0.05) is 18.2 Å². The molecule has 0 saturated carbocycles. The van der Waals surface area contributed by atoms with E-state index in [-0.39, 0.29) is 6.04 Å². The Bertz CT molecular complexity index is 773. The number of nitrogens with one attached hydrogen (secondary N) is 2. The fraction of sp³-hybridized carbons (Fsp3) is 0.235. The van der Waals surface area contributed by atoms with Gasteiger partial charge in [0, 0.05) is 35.5 Å². The summed E-state index contributed by atoms with van der Waals surface area (Å²) in [6.07, 6.45) is 4.90. The monoisotopic (exact) mass is 263 g/mol. The van der Waals surface area contributed by atoms with E-state index in [9.17, 15) is 0 Å². The largest absolute Gasteiger partial charge is 0.357 e. The predicted octanol–water partition coefficient (Wildman–Crippen LogP) is 3.11. The summed E-state index contributed by atoms with van der Waals surface area (Å²) in [5, 5.41) is 5.00. The minimum Gasteiger partial charge on any atom is -0.357 e. The van der Waals surface area contributed by atoms with Crippen LogP contribution in [0.1, 0.15) is 28.4 Å². The smallest absolute Gasteiger partial charge is 0.0736 e. The van der Waals surface area contributed by atoms with Gasteiger partial charge in [-0.2, -0.15) is 0 Å². The van der Waals surface area contributed by atoms with Crippen LogP contribution in [0.25, 0.3) is 10.9 Å². The van der Waals surface area contributed by atoms with Crippen molar-refractivity contribution in [3.8, 4) is 0 Å². The predicted molar refractivity (Wildman–Crippen MR) is 80.8 cm³/mol. The molecule has 1 aromatic carbocycles. The first-order chi connectivity index (χ1) is 9.84. The lowest BCUT2D eigenvalue weighted by atomic mass is 9.93. The zero-order valence-corrected chi connectivity index (χ0v) is 11.5. The summed E-state index contributed by atoms with van der Waals surface area (Å²) in [6.45, 7) is 3.14. The Morgan fingerprint density at radius 2 is 2.10 bits per heavy atom. The third kappa shape index (κ3) is 1.67. The average Bonchev–Trinajstić information content (AvgIpc) is 2.86. The molecule has 0 radical (unpaired) electrons. The molecule has 3 heterocycles. The maximum atomic E-state index is 4.20. The summed E-state index contributed by atoms with van der Waals surface area (Å²) in [6, 6.07) is 10.9. The second kappa shape index (κ2) is 4.46. The molecule has 0 aliphatic carbocycles. The number of H-pyrrole nitrogens is 1. The van der Waals surface area contributed by atoms with Crippen molar-refractivity contribution in [2.75, 3.05) is 6.54 Å². The molecule has 3 heteroatoms. The van der Waals surface area contributed by atoms with E-state index in [0.717, 1.165) is 13.0 Å². The normalized spacial score (nSPS) is 18.1.